The lowest BCUT2D eigenvalue weighted by Gasteiger charge is -2.31. The molecule has 3 aliphatic rings. The van der Waals surface area contributed by atoms with Crippen LogP contribution in [0.3, 0.4) is 0 Å². The fraction of sp³-hybridized carbons (Fsp3) is 0.214. The van der Waals surface area contributed by atoms with Gasteiger partial charge < -0.3 is 14.6 Å². The van der Waals surface area contributed by atoms with Gasteiger partial charge in [0.25, 0.3) is 5.69 Å². The summed E-state index contributed by atoms with van der Waals surface area (Å²) in [6, 6.07) is 32.3. The first-order valence-electron chi connectivity index (χ1n) is 17.3. The van der Waals surface area contributed by atoms with Crippen LogP contribution in [-0.4, -0.2) is 46.1 Å². The first-order chi connectivity index (χ1) is 25.4. The maximum atomic E-state index is 14.1. The number of carbonyl (C=O) groups is 2. The van der Waals surface area contributed by atoms with Gasteiger partial charge in [-0.2, -0.15) is 0 Å². The molecule has 3 heterocycles. The predicted octanol–water partition coefficient (Wildman–Crippen LogP) is 7.77. The number of nitro groups is 1. The average Bonchev–Trinajstić information content (AvgIpc) is 3.71. The summed E-state index contributed by atoms with van der Waals surface area (Å²) >= 11 is 0. The van der Waals surface area contributed by atoms with Gasteiger partial charge in [-0.15, -0.1) is 0 Å². The summed E-state index contributed by atoms with van der Waals surface area (Å²) in [5.74, 6) is -1.45. The van der Waals surface area contributed by atoms with Crippen molar-refractivity contribution >= 4 is 45.6 Å². The second kappa shape index (κ2) is 13.9. The van der Waals surface area contributed by atoms with Crippen LogP contribution in [0, 0.1) is 27.9 Å². The molecule has 2 fully saturated rings. The lowest BCUT2D eigenvalue weighted by atomic mass is 9.69. The zero-order chi connectivity index (χ0) is 35.8. The van der Waals surface area contributed by atoms with E-state index in [2.05, 4.69) is 11.1 Å². The molecule has 2 aliphatic heterocycles. The number of aromatic hydroxyl groups is 1. The SMILES string of the molecule is O=C1[C@@H]2[C@@H](CC(COc3ccccc3)=C3[C@@H](CC/C(=C/c4ccc(O)c5ccccc45)c4ccccn4)OC[C@@H]32)C(=O)N1c1cccc([N+](=O)[O-])c1. The number of aromatic nitrogens is 1. The molecule has 4 atom stereocenters. The number of anilines is 1. The van der Waals surface area contributed by atoms with Gasteiger partial charge in [0.2, 0.25) is 11.8 Å². The Bertz CT molecular complexity index is 2250. The van der Waals surface area contributed by atoms with Crippen molar-refractivity contribution in [1.29, 1.82) is 0 Å². The van der Waals surface area contributed by atoms with Gasteiger partial charge in [-0.1, -0.05) is 60.7 Å². The van der Waals surface area contributed by atoms with Crippen molar-refractivity contribution in [3.63, 3.8) is 0 Å². The number of amides is 2. The van der Waals surface area contributed by atoms with Crippen LogP contribution in [0.25, 0.3) is 22.4 Å². The first kappa shape index (κ1) is 33.0. The van der Waals surface area contributed by atoms with Crippen LogP contribution in [0.2, 0.25) is 0 Å². The molecule has 4 aromatic carbocycles. The highest BCUT2D eigenvalue weighted by molar-refractivity contribution is 6.22. The summed E-state index contributed by atoms with van der Waals surface area (Å²) in [6.07, 6.45) is 5.05. The Balaban J connectivity index is 1.13. The molecule has 5 aromatic rings. The monoisotopic (exact) mass is 693 g/mol. The van der Waals surface area contributed by atoms with E-state index in [-0.39, 0.29) is 54.2 Å². The lowest BCUT2D eigenvalue weighted by molar-refractivity contribution is -0.384. The van der Waals surface area contributed by atoms with E-state index >= 15 is 0 Å². The molecule has 0 bridgehead atoms. The number of hydrogen-bond donors (Lipinski definition) is 1. The molecule has 8 rings (SSSR count). The van der Waals surface area contributed by atoms with E-state index in [1.54, 1.807) is 18.3 Å². The van der Waals surface area contributed by atoms with Crippen molar-refractivity contribution in [3.8, 4) is 11.5 Å². The minimum atomic E-state index is -0.651. The number of fused-ring (bicyclic) bond motifs is 4. The van der Waals surface area contributed by atoms with Crippen molar-refractivity contribution in [2.24, 2.45) is 17.8 Å². The molecular weight excluding hydrogens is 658 g/mol. The smallest absolute Gasteiger partial charge is 0.271 e. The second-order valence-corrected chi connectivity index (χ2v) is 13.4. The number of para-hydroxylation sites is 1. The van der Waals surface area contributed by atoms with Gasteiger partial charge in [0.05, 0.1) is 40.9 Å². The molecule has 10 nitrogen and oxygen atoms in total. The number of phenols is 1. The third-order valence-electron chi connectivity index (χ3n) is 10.4. The van der Waals surface area contributed by atoms with Crippen molar-refractivity contribution in [3.05, 3.63) is 148 Å². The zero-order valence-electron chi connectivity index (χ0n) is 28.1. The minimum absolute atomic E-state index is 0.190. The number of ether oxygens (including phenoxy) is 2. The highest BCUT2D eigenvalue weighted by atomic mass is 16.6. The van der Waals surface area contributed by atoms with Gasteiger partial charge in [-0.3, -0.25) is 24.7 Å². The molecule has 52 heavy (non-hydrogen) atoms. The number of benzene rings is 4. The number of nitro benzene ring substituents is 1. The average molecular weight is 694 g/mol. The van der Waals surface area contributed by atoms with Gasteiger partial charge in [0, 0.05) is 29.6 Å². The summed E-state index contributed by atoms with van der Waals surface area (Å²) in [5.41, 5.74) is 4.71. The van der Waals surface area contributed by atoms with Crippen LogP contribution < -0.4 is 9.64 Å². The van der Waals surface area contributed by atoms with Crippen LogP contribution in [-0.2, 0) is 14.3 Å². The Kier molecular flexibility index (Phi) is 8.82. The van der Waals surface area contributed by atoms with Crippen LogP contribution in [0.4, 0.5) is 11.4 Å². The normalized spacial score (nSPS) is 21.4. The molecule has 1 aromatic heterocycles. The molecule has 0 saturated carbocycles. The molecule has 0 radical (unpaired) electrons. The Hall–Kier alpha value is -6.13. The number of nitrogens with zero attached hydrogens (tertiary/aromatic N) is 3. The molecule has 0 unspecified atom stereocenters. The third kappa shape index (κ3) is 6.11. The summed E-state index contributed by atoms with van der Waals surface area (Å²) in [5, 5.41) is 23.7. The molecule has 1 N–H and O–H groups in total. The number of phenolic OH excluding ortho intramolecular Hbond substituents is 1. The number of hydrogen-bond acceptors (Lipinski definition) is 8. The quantitative estimate of drug-likeness (QED) is 0.0679. The predicted molar refractivity (Wildman–Crippen MR) is 196 cm³/mol. The third-order valence-corrected chi connectivity index (χ3v) is 10.4. The molecule has 2 amide bonds. The molecule has 2 saturated heterocycles. The molecule has 10 heteroatoms. The summed E-state index contributed by atoms with van der Waals surface area (Å²) in [7, 11) is 0. The Morgan fingerprint density at radius 2 is 1.71 bits per heavy atom. The van der Waals surface area contributed by atoms with E-state index in [9.17, 15) is 24.8 Å². The standard InChI is InChI=1S/C42H35N3O7/c46-37-18-16-26(32-13-4-5-14-33(32)37)21-27(36-15-6-7-20-43-36)17-19-38-39-28(24-51-31-11-2-1-3-12-31)22-34-40(35(39)25-52-38)42(48)44(41(34)47)29-9-8-10-30(23-29)45(49)50/h1-16,18,20-21,23,34-35,38,40,46H,17,19,22,24-25H2/b27-21-/t34-,35+,38-,40-/m1/s1. The molecule has 260 valence electrons. The van der Waals surface area contributed by atoms with Gasteiger partial charge >= 0.3 is 0 Å². The van der Waals surface area contributed by atoms with E-state index in [1.807, 2.05) is 78.9 Å². The summed E-state index contributed by atoms with van der Waals surface area (Å²) in [4.78, 5) is 44.9. The lowest BCUT2D eigenvalue weighted by Crippen LogP contribution is -2.35. The fourth-order valence-electron chi connectivity index (χ4n) is 8.03. The van der Waals surface area contributed by atoms with Crippen LogP contribution in [0.5, 0.6) is 11.5 Å². The highest BCUT2D eigenvalue weighted by Crippen LogP contribution is 2.51. The second-order valence-electron chi connectivity index (χ2n) is 13.4. The largest absolute Gasteiger partial charge is 0.507 e. The van der Waals surface area contributed by atoms with E-state index in [4.69, 9.17) is 9.47 Å². The van der Waals surface area contributed by atoms with E-state index in [1.165, 1.54) is 18.2 Å². The number of non-ortho nitro benzene ring substituents is 1. The molecule has 1 aliphatic carbocycles. The Morgan fingerprint density at radius 3 is 2.50 bits per heavy atom. The van der Waals surface area contributed by atoms with Crippen molar-refractivity contribution in [2.75, 3.05) is 18.1 Å². The first-order valence-corrected chi connectivity index (χ1v) is 17.3. The maximum Gasteiger partial charge on any atom is 0.271 e. The minimum Gasteiger partial charge on any atom is -0.507 e. The van der Waals surface area contributed by atoms with Crippen molar-refractivity contribution < 1.29 is 29.1 Å². The Labute approximate surface area is 299 Å². The van der Waals surface area contributed by atoms with Crippen LogP contribution >= 0.6 is 0 Å². The van der Waals surface area contributed by atoms with Gasteiger partial charge in [-0.25, -0.2) is 4.90 Å². The van der Waals surface area contributed by atoms with Crippen molar-refractivity contribution in [2.45, 2.75) is 25.4 Å². The van der Waals surface area contributed by atoms with Crippen molar-refractivity contribution in [1.82, 2.24) is 4.98 Å². The number of carbonyl (C=O) groups excluding carboxylic acids is 2. The Morgan fingerprint density at radius 1 is 0.923 bits per heavy atom. The molecular formula is C42H35N3O7. The number of pyridine rings is 1. The maximum absolute atomic E-state index is 14.1. The van der Waals surface area contributed by atoms with Crippen LogP contribution in [0.1, 0.15) is 30.5 Å². The zero-order valence-corrected chi connectivity index (χ0v) is 28.1. The van der Waals surface area contributed by atoms with Gasteiger partial charge in [-0.05, 0) is 89.4 Å². The van der Waals surface area contributed by atoms with E-state index in [0.29, 0.717) is 25.0 Å². The molecule has 0 spiro atoms. The fourth-order valence-corrected chi connectivity index (χ4v) is 8.03. The van der Waals surface area contributed by atoms with Crippen LogP contribution in [0.15, 0.2) is 127 Å². The van der Waals surface area contributed by atoms with E-state index in [0.717, 1.165) is 43.6 Å². The summed E-state index contributed by atoms with van der Waals surface area (Å²) in [6.45, 7) is 0.503. The number of rotatable bonds is 10. The van der Waals surface area contributed by atoms with Gasteiger partial charge in [0.1, 0.15) is 18.1 Å². The summed E-state index contributed by atoms with van der Waals surface area (Å²) < 4.78 is 12.8. The topological polar surface area (TPSA) is 132 Å². The van der Waals surface area contributed by atoms with E-state index < -0.39 is 16.8 Å². The highest BCUT2D eigenvalue weighted by Gasteiger charge is 2.57. The number of imide groups is 1. The van der Waals surface area contributed by atoms with Gasteiger partial charge in [0.15, 0.2) is 0 Å². The number of allylic oxidation sites excluding steroid dienone is 1.